The molecule has 2 rings (SSSR count). The summed E-state index contributed by atoms with van der Waals surface area (Å²) in [5.41, 5.74) is -0.433. The van der Waals surface area contributed by atoms with Crippen molar-refractivity contribution in [3.05, 3.63) is 57.7 Å². The summed E-state index contributed by atoms with van der Waals surface area (Å²) in [5.74, 6) is -2.05. The highest BCUT2D eigenvalue weighted by molar-refractivity contribution is 6.02. The smallest absolute Gasteiger partial charge is 0.354 e. The van der Waals surface area contributed by atoms with Gasteiger partial charge in [0.1, 0.15) is 0 Å². The van der Waals surface area contributed by atoms with Crippen LogP contribution in [0.25, 0.3) is 0 Å². The number of nitro benzene ring substituents is 1. The molecule has 1 amide bonds. The van der Waals surface area contributed by atoms with Gasteiger partial charge in [0, 0.05) is 18.2 Å². The van der Waals surface area contributed by atoms with Crippen LogP contribution in [0.2, 0.25) is 0 Å². The van der Waals surface area contributed by atoms with Crippen LogP contribution in [0.1, 0.15) is 26.5 Å². The topological polar surface area (TPSA) is 138 Å². The highest BCUT2D eigenvalue weighted by Gasteiger charge is 2.20. The monoisotopic (exact) mass is 290 g/mol. The van der Waals surface area contributed by atoms with Crippen LogP contribution in [0.15, 0.2) is 30.6 Å². The van der Waals surface area contributed by atoms with Gasteiger partial charge in [-0.15, -0.1) is 0 Å². The number of H-pyrrole nitrogens is 1. The Morgan fingerprint density at radius 3 is 2.76 bits per heavy atom. The zero-order chi connectivity index (χ0) is 15.4. The van der Waals surface area contributed by atoms with Gasteiger partial charge in [0.15, 0.2) is 11.4 Å². The second-order valence-electron chi connectivity index (χ2n) is 4.00. The molecule has 2 aromatic rings. The molecule has 0 aliphatic heterocycles. The Morgan fingerprint density at radius 2 is 2.10 bits per heavy atom. The normalized spacial score (nSPS) is 10.1. The standard InChI is InChI=1S/C12H10N4O5/c17-11(9-10(12(18)19)15-6-14-9)13-5-7-3-1-2-4-8(7)16(20)21/h1-4,6H,5H2,(H,13,17)(H,14,15)(H,18,19). The van der Waals surface area contributed by atoms with E-state index in [1.165, 1.54) is 18.2 Å². The number of aromatic amines is 1. The van der Waals surface area contributed by atoms with E-state index < -0.39 is 16.8 Å². The number of carboxylic acid groups (broad SMARTS) is 1. The van der Waals surface area contributed by atoms with Gasteiger partial charge in [-0.3, -0.25) is 14.9 Å². The van der Waals surface area contributed by atoms with Crippen LogP contribution in [0, 0.1) is 10.1 Å². The van der Waals surface area contributed by atoms with Crippen LogP contribution in [0.5, 0.6) is 0 Å². The van der Waals surface area contributed by atoms with Crippen molar-refractivity contribution in [2.45, 2.75) is 6.54 Å². The third kappa shape index (κ3) is 3.03. The fourth-order valence-corrected chi connectivity index (χ4v) is 1.73. The highest BCUT2D eigenvalue weighted by atomic mass is 16.6. The number of nitro groups is 1. The Balaban J connectivity index is 2.13. The number of nitrogens with one attached hydrogen (secondary N) is 2. The first kappa shape index (κ1) is 14.2. The summed E-state index contributed by atoms with van der Waals surface area (Å²) in [6.45, 7) is -0.109. The number of carbonyl (C=O) groups is 2. The minimum Gasteiger partial charge on any atom is -0.477 e. The Morgan fingerprint density at radius 1 is 1.38 bits per heavy atom. The molecule has 0 saturated carbocycles. The van der Waals surface area contributed by atoms with Gasteiger partial charge in [-0.25, -0.2) is 9.78 Å². The number of nitrogens with zero attached hydrogens (tertiary/aromatic N) is 2. The molecule has 0 unspecified atom stereocenters. The molecule has 9 heteroatoms. The predicted molar refractivity (Wildman–Crippen MR) is 69.8 cm³/mol. The molecular weight excluding hydrogens is 280 g/mol. The first-order valence-electron chi connectivity index (χ1n) is 5.78. The lowest BCUT2D eigenvalue weighted by molar-refractivity contribution is -0.385. The molecule has 0 spiro atoms. The van der Waals surface area contributed by atoms with Gasteiger partial charge in [0.2, 0.25) is 0 Å². The Labute approximate surface area is 117 Å². The largest absolute Gasteiger partial charge is 0.477 e. The fourth-order valence-electron chi connectivity index (χ4n) is 1.73. The number of amides is 1. The molecular formula is C12H10N4O5. The Kier molecular flexibility index (Phi) is 3.93. The maximum Gasteiger partial charge on any atom is 0.354 e. The van der Waals surface area contributed by atoms with Crippen molar-refractivity contribution in [3.63, 3.8) is 0 Å². The number of carbonyl (C=O) groups excluding carboxylic acids is 1. The minimum atomic E-state index is -1.32. The van der Waals surface area contributed by atoms with Crippen LogP contribution in [0.3, 0.4) is 0 Å². The minimum absolute atomic E-state index is 0.109. The van der Waals surface area contributed by atoms with Crippen molar-refractivity contribution in [1.82, 2.24) is 15.3 Å². The van der Waals surface area contributed by atoms with Gasteiger partial charge < -0.3 is 15.4 Å². The van der Waals surface area contributed by atoms with Crippen LogP contribution >= 0.6 is 0 Å². The quantitative estimate of drug-likeness (QED) is 0.553. The maximum atomic E-state index is 11.9. The Hall–Kier alpha value is -3.23. The lowest BCUT2D eigenvalue weighted by atomic mass is 10.2. The van der Waals surface area contributed by atoms with Crippen LogP contribution in [-0.2, 0) is 6.54 Å². The molecule has 0 fully saturated rings. The summed E-state index contributed by atoms with van der Waals surface area (Å²) < 4.78 is 0. The highest BCUT2D eigenvalue weighted by Crippen LogP contribution is 2.17. The SMILES string of the molecule is O=C(NCc1ccccc1[N+](=O)[O-])c1nc[nH]c1C(=O)O. The average molecular weight is 290 g/mol. The summed E-state index contributed by atoms with van der Waals surface area (Å²) in [6.07, 6.45) is 1.09. The first-order valence-corrected chi connectivity index (χ1v) is 5.78. The van der Waals surface area contributed by atoms with E-state index in [0.717, 1.165) is 6.33 Å². The second kappa shape index (κ2) is 5.82. The molecule has 1 heterocycles. The number of hydrogen-bond donors (Lipinski definition) is 3. The van der Waals surface area contributed by atoms with E-state index in [9.17, 15) is 19.7 Å². The van der Waals surface area contributed by atoms with E-state index in [-0.39, 0.29) is 23.6 Å². The lowest BCUT2D eigenvalue weighted by Crippen LogP contribution is -2.25. The Bertz CT molecular complexity index is 709. The molecule has 1 aromatic carbocycles. The van der Waals surface area contributed by atoms with Gasteiger partial charge in [-0.05, 0) is 0 Å². The molecule has 1 aromatic heterocycles. The number of imidazole rings is 1. The lowest BCUT2D eigenvalue weighted by Gasteiger charge is -2.05. The van der Waals surface area contributed by atoms with Gasteiger partial charge in [-0.2, -0.15) is 0 Å². The third-order valence-corrected chi connectivity index (χ3v) is 2.70. The average Bonchev–Trinajstić information content (AvgIpc) is 2.94. The van der Waals surface area contributed by atoms with Crippen molar-refractivity contribution >= 4 is 17.6 Å². The van der Waals surface area contributed by atoms with Gasteiger partial charge >= 0.3 is 5.97 Å². The summed E-state index contributed by atoms with van der Waals surface area (Å²) in [6, 6.07) is 5.94. The maximum absolute atomic E-state index is 11.9. The zero-order valence-corrected chi connectivity index (χ0v) is 10.6. The van der Waals surface area contributed by atoms with Crippen LogP contribution in [-0.4, -0.2) is 31.9 Å². The number of rotatable bonds is 5. The molecule has 0 atom stereocenters. The van der Waals surface area contributed by atoms with E-state index in [4.69, 9.17) is 5.11 Å². The zero-order valence-electron chi connectivity index (χ0n) is 10.6. The van der Waals surface area contributed by atoms with Crippen molar-refractivity contribution in [2.75, 3.05) is 0 Å². The van der Waals surface area contributed by atoms with Crippen molar-refractivity contribution in [1.29, 1.82) is 0 Å². The molecule has 0 bridgehead atoms. The molecule has 108 valence electrons. The number of aromatic carboxylic acids is 1. The molecule has 3 N–H and O–H groups in total. The molecule has 0 aliphatic rings. The number of carboxylic acids is 1. The predicted octanol–water partition coefficient (Wildman–Crippen LogP) is 0.946. The van der Waals surface area contributed by atoms with Crippen LogP contribution in [0.4, 0.5) is 5.69 Å². The van der Waals surface area contributed by atoms with E-state index >= 15 is 0 Å². The summed E-state index contributed by atoms with van der Waals surface area (Å²) in [7, 11) is 0. The van der Waals surface area contributed by atoms with Gasteiger partial charge in [0.25, 0.3) is 11.6 Å². The van der Waals surface area contributed by atoms with Gasteiger partial charge in [-0.1, -0.05) is 18.2 Å². The summed E-state index contributed by atoms with van der Waals surface area (Å²) >= 11 is 0. The molecule has 9 nitrogen and oxygen atoms in total. The third-order valence-electron chi connectivity index (χ3n) is 2.70. The molecule has 21 heavy (non-hydrogen) atoms. The number of hydrogen-bond acceptors (Lipinski definition) is 5. The number of para-hydroxylation sites is 1. The van der Waals surface area contributed by atoms with Crippen molar-refractivity contribution in [3.8, 4) is 0 Å². The summed E-state index contributed by atoms with van der Waals surface area (Å²) in [4.78, 5) is 39.0. The van der Waals surface area contributed by atoms with Crippen molar-refractivity contribution in [2.24, 2.45) is 0 Å². The molecule has 0 radical (unpaired) electrons. The van der Waals surface area contributed by atoms with E-state index in [1.807, 2.05) is 0 Å². The van der Waals surface area contributed by atoms with Crippen LogP contribution < -0.4 is 5.32 Å². The number of aromatic nitrogens is 2. The number of benzene rings is 1. The molecule has 0 saturated heterocycles. The van der Waals surface area contributed by atoms with Crippen molar-refractivity contribution < 1.29 is 19.6 Å². The molecule has 0 aliphatic carbocycles. The fraction of sp³-hybridized carbons (Fsp3) is 0.0833. The van der Waals surface area contributed by atoms with E-state index in [2.05, 4.69) is 15.3 Å². The first-order chi connectivity index (χ1) is 10.0. The second-order valence-corrected chi connectivity index (χ2v) is 4.00. The summed E-state index contributed by atoms with van der Waals surface area (Å²) in [5, 5.41) is 22.1. The van der Waals surface area contributed by atoms with Gasteiger partial charge in [0.05, 0.1) is 11.3 Å². The van der Waals surface area contributed by atoms with E-state index in [0.29, 0.717) is 5.56 Å². The van der Waals surface area contributed by atoms with E-state index in [1.54, 1.807) is 6.07 Å².